The molecule has 1 N–H and O–H groups in total. The van der Waals surface area contributed by atoms with E-state index < -0.39 is 0 Å². The maximum Gasteiger partial charge on any atom is 0.0480 e. The molecule has 0 aromatic carbocycles. The molecule has 0 aromatic rings. The average molecular weight is 231 g/mol. The van der Waals surface area contributed by atoms with Gasteiger partial charge in [0.25, 0.3) is 0 Å². The van der Waals surface area contributed by atoms with Gasteiger partial charge >= 0.3 is 0 Å². The minimum Gasteiger partial charge on any atom is -0.385 e. The van der Waals surface area contributed by atoms with Crippen LogP contribution in [0.1, 0.15) is 40.0 Å². The zero-order valence-electron chi connectivity index (χ0n) is 11.4. The quantitative estimate of drug-likeness (QED) is 0.554. The molecule has 98 valence electrons. The van der Waals surface area contributed by atoms with Gasteiger partial charge < -0.3 is 14.8 Å². The van der Waals surface area contributed by atoms with Crippen molar-refractivity contribution >= 4 is 0 Å². The molecule has 1 atom stereocenters. The minimum atomic E-state index is 0.531. The van der Waals surface area contributed by atoms with E-state index in [0.717, 1.165) is 51.5 Å². The highest BCUT2D eigenvalue weighted by Crippen LogP contribution is 2.02. The Balaban J connectivity index is 3.43. The number of rotatable bonds is 11. The molecule has 0 bridgehead atoms. The predicted molar refractivity (Wildman–Crippen MR) is 68.8 cm³/mol. The summed E-state index contributed by atoms with van der Waals surface area (Å²) in [6, 6.07) is 0.531. The van der Waals surface area contributed by atoms with Crippen molar-refractivity contribution < 1.29 is 9.47 Å². The van der Waals surface area contributed by atoms with E-state index in [1.165, 1.54) is 0 Å². The van der Waals surface area contributed by atoms with Crippen LogP contribution < -0.4 is 5.32 Å². The van der Waals surface area contributed by atoms with Gasteiger partial charge in [0.2, 0.25) is 0 Å². The summed E-state index contributed by atoms with van der Waals surface area (Å²) in [6.45, 7) is 10.2. The summed E-state index contributed by atoms with van der Waals surface area (Å²) in [5.41, 5.74) is 0. The lowest BCUT2D eigenvalue weighted by Crippen LogP contribution is -2.31. The second-order valence-electron chi connectivity index (χ2n) is 4.62. The summed E-state index contributed by atoms with van der Waals surface area (Å²) >= 11 is 0. The van der Waals surface area contributed by atoms with Gasteiger partial charge in [-0.2, -0.15) is 0 Å². The molecule has 1 unspecified atom stereocenters. The molecule has 0 heterocycles. The Bertz CT molecular complexity index is 140. The molecule has 0 radical (unpaired) electrons. The second kappa shape index (κ2) is 11.4. The summed E-state index contributed by atoms with van der Waals surface area (Å²) in [7, 11) is 1.75. The van der Waals surface area contributed by atoms with Crippen molar-refractivity contribution in [3.8, 4) is 0 Å². The zero-order valence-corrected chi connectivity index (χ0v) is 11.4. The average Bonchev–Trinajstić information content (AvgIpc) is 2.24. The fraction of sp³-hybridized carbons (Fsp3) is 1.00. The van der Waals surface area contributed by atoms with E-state index in [1.54, 1.807) is 7.11 Å². The van der Waals surface area contributed by atoms with Crippen LogP contribution in [0.3, 0.4) is 0 Å². The van der Waals surface area contributed by atoms with Gasteiger partial charge in [-0.3, -0.25) is 0 Å². The van der Waals surface area contributed by atoms with Crippen LogP contribution in [0.4, 0.5) is 0 Å². The Morgan fingerprint density at radius 1 is 1.00 bits per heavy atom. The van der Waals surface area contributed by atoms with Crippen molar-refractivity contribution in [2.24, 2.45) is 5.92 Å². The van der Waals surface area contributed by atoms with Crippen LogP contribution >= 0.6 is 0 Å². The van der Waals surface area contributed by atoms with Gasteiger partial charge in [0.1, 0.15) is 0 Å². The Morgan fingerprint density at radius 3 is 2.19 bits per heavy atom. The van der Waals surface area contributed by atoms with Gasteiger partial charge in [0.15, 0.2) is 0 Å². The molecular formula is C13H29NO2. The van der Waals surface area contributed by atoms with Crippen LogP contribution in [-0.2, 0) is 9.47 Å². The van der Waals surface area contributed by atoms with Crippen molar-refractivity contribution in [1.29, 1.82) is 0 Å². The molecule has 0 aromatic heterocycles. The van der Waals surface area contributed by atoms with Crippen LogP contribution in [0.5, 0.6) is 0 Å². The maximum absolute atomic E-state index is 5.62. The number of hydrogen-bond donors (Lipinski definition) is 1. The molecule has 0 aliphatic carbocycles. The van der Waals surface area contributed by atoms with Gasteiger partial charge in [-0.25, -0.2) is 0 Å². The molecular weight excluding hydrogens is 202 g/mol. The summed E-state index contributed by atoms with van der Waals surface area (Å²) in [5.74, 6) is 0.734. The SMILES string of the molecule is CCNC(CCOC)CCOCCC(C)C. The van der Waals surface area contributed by atoms with E-state index in [9.17, 15) is 0 Å². The first-order valence-corrected chi connectivity index (χ1v) is 6.50. The molecule has 3 nitrogen and oxygen atoms in total. The highest BCUT2D eigenvalue weighted by atomic mass is 16.5. The van der Waals surface area contributed by atoms with E-state index in [2.05, 4.69) is 26.1 Å². The van der Waals surface area contributed by atoms with E-state index in [-0.39, 0.29) is 0 Å². The topological polar surface area (TPSA) is 30.5 Å². The van der Waals surface area contributed by atoms with Crippen LogP contribution in [0, 0.1) is 5.92 Å². The number of methoxy groups -OCH3 is 1. The third-order valence-electron chi connectivity index (χ3n) is 2.61. The van der Waals surface area contributed by atoms with Crippen LogP contribution in [-0.4, -0.2) is 39.5 Å². The standard InChI is InChI=1S/C13H29NO2/c1-5-14-13(7-9-15-4)8-11-16-10-6-12(2)3/h12-14H,5-11H2,1-4H3. The molecule has 0 spiro atoms. The van der Waals surface area contributed by atoms with Gasteiger partial charge in [-0.05, 0) is 31.7 Å². The van der Waals surface area contributed by atoms with Crippen LogP contribution in [0.25, 0.3) is 0 Å². The Kier molecular flexibility index (Phi) is 11.3. The van der Waals surface area contributed by atoms with Gasteiger partial charge in [-0.1, -0.05) is 20.8 Å². The zero-order chi connectivity index (χ0) is 12.2. The van der Waals surface area contributed by atoms with Gasteiger partial charge in [-0.15, -0.1) is 0 Å². The third kappa shape index (κ3) is 10.4. The molecule has 3 heteroatoms. The second-order valence-corrected chi connectivity index (χ2v) is 4.62. The minimum absolute atomic E-state index is 0.531. The predicted octanol–water partition coefficient (Wildman–Crippen LogP) is 2.45. The van der Waals surface area contributed by atoms with Gasteiger partial charge in [0, 0.05) is 33.0 Å². The van der Waals surface area contributed by atoms with E-state index in [4.69, 9.17) is 9.47 Å². The summed E-state index contributed by atoms with van der Waals surface area (Å²) in [6.07, 6.45) is 3.30. The first kappa shape index (κ1) is 15.9. The first-order chi connectivity index (χ1) is 7.70. The van der Waals surface area contributed by atoms with Crippen LogP contribution in [0.2, 0.25) is 0 Å². The Morgan fingerprint density at radius 2 is 1.62 bits per heavy atom. The normalized spacial score (nSPS) is 13.3. The third-order valence-corrected chi connectivity index (χ3v) is 2.61. The lowest BCUT2D eigenvalue weighted by atomic mass is 10.1. The summed E-state index contributed by atoms with van der Waals surface area (Å²) < 4.78 is 10.7. The van der Waals surface area contributed by atoms with E-state index in [0.29, 0.717) is 6.04 Å². The summed E-state index contributed by atoms with van der Waals surface area (Å²) in [4.78, 5) is 0. The fourth-order valence-corrected chi connectivity index (χ4v) is 1.54. The summed E-state index contributed by atoms with van der Waals surface area (Å²) in [5, 5.41) is 3.46. The van der Waals surface area contributed by atoms with Crippen molar-refractivity contribution in [2.45, 2.75) is 46.1 Å². The van der Waals surface area contributed by atoms with E-state index in [1.807, 2.05) is 0 Å². The number of nitrogens with one attached hydrogen (secondary N) is 1. The molecule has 0 aliphatic rings. The Labute approximate surface area is 101 Å². The highest BCUT2D eigenvalue weighted by molar-refractivity contribution is 4.65. The van der Waals surface area contributed by atoms with Crippen molar-refractivity contribution in [3.63, 3.8) is 0 Å². The highest BCUT2D eigenvalue weighted by Gasteiger charge is 2.06. The molecule has 16 heavy (non-hydrogen) atoms. The van der Waals surface area contributed by atoms with Crippen molar-refractivity contribution in [1.82, 2.24) is 5.32 Å². The fourth-order valence-electron chi connectivity index (χ4n) is 1.54. The first-order valence-electron chi connectivity index (χ1n) is 6.50. The molecule has 0 fully saturated rings. The molecule has 0 saturated heterocycles. The molecule has 0 saturated carbocycles. The largest absolute Gasteiger partial charge is 0.385 e. The molecule has 0 amide bonds. The molecule has 0 aliphatic heterocycles. The lowest BCUT2D eigenvalue weighted by Gasteiger charge is -2.17. The smallest absolute Gasteiger partial charge is 0.0480 e. The van der Waals surface area contributed by atoms with E-state index >= 15 is 0 Å². The van der Waals surface area contributed by atoms with Crippen LogP contribution in [0.15, 0.2) is 0 Å². The lowest BCUT2D eigenvalue weighted by molar-refractivity contribution is 0.108. The number of ether oxygens (including phenoxy) is 2. The monoisotopic (exact) mass is 231 g/mol. The number of hydrogen-bond acceptors (Lipinski definition) is 3. The molecule has 0 rings (SSSR count). The maximum atomic E-state index is 5.62. The van der Waals surface area contributed by atoms with Crippen molar-refractivity contribution in [2.75, 3.05) is 33.5 Å². The van der Waals surface area contributed by atoms with Crippen molar-refractivity contribution in [3.05, 3.63) is 0 Å². The van der Waals surface area contributed by atoms with Gasteiger partial charge in [0.05, 0.1) is 0 Å². The Hall–Kier alpha value is -0.120.